The van der Waals surface area contributed by atoms with E-state index in [0.717, 1.165) is 32.1 Å². The van der Waals surface area contributed by atoms with E-state index in [2.05, 4.69) is 55.4 Å². The molecule has 0 aliphatic rings. The van der Waals surface area contributed by atoms with Crippen LogP contribution in [0.25, 0.3) is 0 Å². The maximum absolute atomic E-state index is 13.2. The molecule has 0 amide bonds. The van der Waals surface area contributed by atoms with Crippen LogP contribution in [0.4, 0.5) is 0 Å². The summed E-state index contributed by atoms with van der Waals surface area (Å²) in [4.78, 5) is 13.2. The van der Waals surface area contributed by atoms with E-state index >= 15 is 0 Å². The van der Waals surface area contributed by atoms with Gasteiger partial charge in [0, 0.05) is 0 Å². The largest absolute Gasteiger partial charge is 0.508 e. The van der Waals surface area contributed by atoms with Crippen molar-refractivity contribution in [3.63, 3.8) is 0 Å². The summed E-state index contributed by atoms with van der Waals surface area (Å²) in [5.41, 5.74) is 1.39. The Morgan fingerprint density at radius 3 is 2.00 bits per heavy atom. The minimum Gasteiger partial charge on any atom is -0.508 e. The number of phenols is 1. The Labute approximate surface area is 192 Å². The van der Waals surface area contributed by atoms with Crippen molar-refractivity contribution in [2.75, 3.05) is 6.61 Å². The van der Waals surface area contributed by atoms with Crippen molar-refractivity contribution in [3.05, 3.63) is 29.8 Å². The van der Waals surface area contributed by atoms with Gasteiger partial charge in [0.1, 0.15) is 5.75 Å². The number of rotatable bonds is 12. The van der Waals surface area contributed by atoms with E-state index in [1.807, 2.05) is 12.1 Å². The molecule has 0 bridgehead atoms. The van der Waals surface area contributed by atoms with Crippen LogP contribution in [0.1, 0.15) is 112 Å². The van der Waals surface area contributed by atoms with E-state index < -0.39 is 0 Å². The van der Waals surface area contributed by atoms with Crippen LogP contribution in [0.5, 0.6) is 5.75 Å². The maximum Gasteiger partial charge on any atom is 0.308 e. The zero-order chi connectivity index (χ0) is 23.7. The molecule has 3 heteroatoms. The smallest absolute Gasteiger partial charge is 0.308 e. The van der Waals surface area contributed by atoms with Gasteiger partial charge in [-0.3, -0.25) is 4.79 Å². The monoisotopic (exact) mass is 432 g/mol. The lowest BCUT2D eigenvalue weighted by Crippen LogP contribution is -2.27. The minimum atomic E-state index is -0.118. The summed E-state index contributed by atoms with van der Waals surface area (Å²) in [6.45, 7) is 18.3. The second kappa shape index (κ2) is 12.5. The molecule has 0 fully saturated rings. The van der Waals surface area contributed by atoms with E-state index in [1.165, 1.54) is 18.4 Å². The standard InChI is InChI=1S/C28H48O3/c1-9-11-21(10-2)16-17-31-26(30)24(20-28(6,7)8)18-23(19-27(3,4)5)22-12-14-25(29)15-13-22/h12-15,21,23-24,29H,9-11,16-20H2,1-8H3. The van der Waals surface area contributed by atoms with Crippen LogP contribution < -0.4 is 0 Å². The first-order valence-electron chi connectivity index (χ1n) is 12.3. The van der Waals surface area contributed by atoms with Crippen LogP contribution in [0, 0.1) is 22.7 Å². The molecule has 3 atom stereocenters. The molecule has 0 aliphatic heterocycles. The highest BCUT2D eigenvalue weighted by Crippen LogP contribution is 2.39. The average molecular weight is 433 g/mol. The Balaban J connectivity index is 2.97. The number of carbonyl (C=O) groups is 1. The van der Waals surface area contributed by atoms with Crippen molar-refractivity contribution in [1.29, 1.82) is 0 Å². The van der Waals surface area contributed by atoms with E-state index in [4.69, 9.17) is 4.74 Å². The Morgan fingerprint density at radius 2 is 1.52 bits per heavy atom. The first-order valence-corrected chi connectivity index (χ1v) is 12.3. The van der Waals surface area contributed by atoms with Crippen molar-refractivity contribution >= 4 is 5.97 Å². The van der Waals surface area contributed by atoms with Crippen molar-refractivity contribution in [2.24, 2.45) is 22.7 Å². The minimum absolute atomic E-state index is 0.0426. The van der Waals surface area contributed by atoms with Gasteiger partial charge in [-0.1, -0.05) is 86.8 Å². The molecule has 31 heavy (non-hydrogen) atoms. The zero-order valence-corrected chi connectivity index (χ0v) is 21.5. The highest BCUT2D eigenvalue weighted by Gasteiger charge is 2.31. The van der Waals surface area contributed by atoms with Gasteiger partial charge in [-0.2, -0.15) is 0 Å². The van der Waals surface area contributed by atoms with Crippen LogP contribution in [-0.2, 0) is 9.53 Å². The SMILES string of the molecule is CCCC(CC)CCOC(=O)C(CC(CC(C)(C)C)c1ccc(O)cc1)CC(C)(C)C. The second-order valence-electron chi connectivity index (χ2n) is 11.8. The van der Waals surface area contributed by atoms with E-state index in [0.29, 0.717) is 12.5 Å². The number of carbonyl (C=O) groups excluding carboxylic acids is 1. The molecule has 0 saturated heterocycles. The summed E-state index contributed by atoms with van der Waals surface area (Å²) in [5.74, 6) is 1.02. The van der Waals surface area contributed by atoms with Crippen molar-refractivity contribution in [3.8, 4) is 5.75 Å². The highest BCUT2D eigenvalue weighted by molar-refractivity contribution is 5.72. The van der Waals surface area contributed by atoms with Crippen LogP contribution in [0.3, 0.4) is 0 Å². The van der Waals surface area contributed by atoms with Crippen LogP contribution >= 0.6 is 0 Å². The van der Waals surface area contributed by atoms with Gasteiger partial charge in [0.2, 0.25) is 0 Å². The number of benzene rings is 1. The van der Waals surface area contributed by atoms with Crippen molar-refractivity contribution < 1.29 is 14.6 Å². The van der Waals surface area contributed by atoms with E-state index in [-0.39, 0.29) is 34.4 Å². The molecule has 178 valence electrons. The summed E-state index contributed by atoms with van der Waals surface area (Å²) in [6.07, 6.45) is 7.07. The van der Waals surface area contributed by atoms with Gasteiger partial charge in [0.25, 0.3) is 0 Å². The lowest BCUT2D eigenvalue weighted by molar-refractivity contribution is -0.150. The molecule has 1 aromatic carbocycles. The number of esters is 1. The topological polar surface area (TPSA) is 46.5 Å². The lowest BCUT2D eigenvalue weighted by atomic mass is 9.74. The van der Waals surface area contributed by atoms with Crippen molar-refractivity contribution in [2.45, 2.75) is 106 Å². The molecule has 0 aromatic heterocycles. The predicted octanol–water partition coefficient (Wildman–Crippen LogP) is 8.11. The summed E-state index contributed by atoms with van der Waals surface area (Å²) in [7, 11) is 0. The Morgan fingerprint density at radius 1 is 0.935 bits per heavy atom. The third-order valence-corrected chi connectivity index (χ3v) is 6.03. The van der Waals surface area contributed by atoms with Crippen molar-refractivity contribution in [1.82, 2.24) is 0 Å². The highest BCUT2D eigenvalue weighted by atomic mass is 16.5. The first-order chi connectivity index (χ1) is 14.3. The number of phenolic OH excluding ortho intramolecular Hbond substituents is 1. The van der Waals surface area contributed by atoms with Crippen LogP contribution in [-0.4, -0.2) is 17.7 Å². The number of hydrogen-bond donors (Lipinski definition) is 1. The fourth-order valence-electron chi connectivity index (χ4n) is 4.57. The summed E-state index contributed by atoms with van der Waals surface area (Å²) in [6, 6.07) is 7.50. The number of hydrogen-bond acceptors (Lipinski definition) is 3. The molecular formula is C28H48O3. The first kappa shape index (κ1) is 27.5. The zero-order valence-electron chi connectivity index (χ0n) is 21.5. The third-order valence-electron chi connectivity index (χ3n) is 6.03. The predicted molar refractivity (Wildman–Crippen MR) is 131 cm³/mol. The quantitative estimate of drug-likeness (QED) is 0.339. The van der Waals surface area contributed by atoms with Gasteiger partial charge in [-0.25, -0.2) is 0 Å². The summed E-state index contributed by atoms with van der Waals surface area (Å²) >= 11 is 0. The Bertz CT molecular complexity index is 634. The fraction of sp³-hybridized carbons (Fsp3) is 0.750. The molecule has 1 aromatic rings. The van der Waals surface area contributed by atoms with Gasteiger partial charge in [-0.15, -0.1) is 0 Å². The molecule has 3 unspecified atom stereocenters. The van der Waals surface area contributed by atoms with E-state index in [1.54, 1.807) is 12.1 Å². The Kier molecular flexibility index (Phi) is 11.1. The van der Waals surface area contributed by atoms with Gasteiger partial charge in [0.15, 0.2) is 0 Å². The molecule has 1 N–H and O–H groups in total. The van der Waals surface area contributed by atoms with Gasteiger partial charge in [-0.05, 0) is 66.0 Å². The normalized spacial score (nSPS) is 15.4. The molecule has 0 spiro atoms. The van der Waals surface area contributed by atoms with E-state index in [9.17, 15) is 9.90 Å². The maximum atomic E-state index is 13.2. The number of ether oxygens (including phenoxy) is 1. The molecule has 0 radical (unpaired) electrons. The molecule has 0 heterocycles. The fourth-order valence-corrected chi connectivity index (χ4v) is 4.57. The average Bonchev–Trinajstić information content (AvgIpc) is 2.64. The van der Waals surface area contributed by atoms with Gasteiger partial charge in [0.05, 0.1) is 12.5 Å². The van der Waals surface area contributed by atoms with Gasteiger partial charge >= 0.3 is 5.97 Å². The summed E-state index contributed by atoms with van der Waals surface area (Å²) < 4.78 is 5.84. The van der Waals surface area contributed by atoms with Crippen LogP contribution in [0.2, 0.25) is 0 Å². The molecule has 0 saturated carbocycles. The lowest BCUT2D eigenvalue weighted by Gasteiger charge is -2.31. The summed E-state index contributed by atoms with van der Waals surface area (Å²) in [5, 5.41) is 9.72. The number of aromatic hydroxyl groups is 1. The molecule has 3 nitrogen and oxygen atoms in total. The Hall–Kier alpha value is -1.51. The van der Waals surface area contributed by atoms with Crippen LogP contribution in [0.15, 0.2) is 24.3 Å². The molecule has 0 aliphatic carbocycles. The third kappa shape index (κ3) is 11.6. The second-order valence-corrected chi connectivity index (χ2v) is 11.8. The molecular weight excluding hydrogens is 384 g/mol. The van der Waals surface area contributed by atoms with Gasteiger partial charge < -0.3 is 9.84 Å². The molecule has 1 rings (SSSR count).